The summed E-state index contributed by atoms with van der Waals surface area (Å²) in [6, 6.07) is 8.33. The lowest BCUT2D eigenvalue weighted by Gasteiger charge is -2.34. The molecule has 1 aliphatic heterocycles. The minimum absolute atomic E-state index is 0.0182. The van der Waals surface area contributed by atoms with Crippen LogP contribution in [0, 0.1) is 11.8 Å². The van der Waals surface area contributed by atoms with Gasteiger partial charge in [-0.2, -0.15) is 13.2 Å². The molecule has 0 radical (unpaired) electrons. The van der Waals surface area contributed by atoms with Crippen LogP contribution in [0.25, 0.3) is 0 Å². The summed E-state index contributed by atoms with van der Waals surface area (Å²) in [4.78, 5) is 20.7. The number of rotatable bonds is 10. The standard InChI is InChI=1S/C26H33F3N4O3/c1-17(12-26(27,28)29)2-7-24(34)36-15-18-10-20(11-18)21-13-31-25(32-14-21)33-22-5-3-19(4-6-22)23-16-35-9-8-30-23/h3-6,13-14,17-18,20,23,30H,2,7-12,15-16H2,1H3,(H,31,32,33)/t17-,18?,20?,23?/m1/s1. The molecule has 2 N–H and O–H groups in total. The fourth-order valence-electron chi connectivity index (χ4n) is 4.61. The van der Waals surface area contributed by atoms with Gasteiger partial charge in [0.2, 0.25) is 5.95 Å². The van der Waals surface area contributed by atoms with E-state index in [0.29, 0.717) is 25.1 Å². The number of hydrogen-bond acceptors (Lipinski definition) is 7. The highest BCUT2D eigenvalue weighted by Gasteiger charge is 2.32. The molecule has 1 unspecified atom stereocenters. The molecule has 2 aromatic rings. The summed E-state index contributed by atoms with van der Waals surface area (Å²) in [5, 5.41) is 6.65. The molecule has 2 atom stereocenters. The monoisotopic (exact) mass is 506 g/mol. The molecule has 0 bridgehead atoms. The minimum atomic E-state index is -4.20. The molecule has 4 rings (SSSR count). The quantitative estimate of drug-likeness (QED) is 0.424. The molecule has 10 heteroatoms. The van der Waals surface area contributed by atoms with E-state index in [1.165, 1.54) is 12.5 Å². The molecule has 2 fully saturated rings. The first-order valence-corrected chi connectivity index (χ1v) is 12.5. The molecule has 0 spiro atoms. The summed E-state index contributed by atoms with van der Waals surface area (Å²) in [5.74, 6) is 0.0835. The number of carbonyl (C=O) groups excluding carboxylic acids is 1. The van der Waals surface area contributed by atoms with E-state index >= 15 is 0 Å². The maximum atomic E-state index is 12.4. The molecular weight excluding hydrogens is 473 g/mol. The molecule has 1 saturated heterocycles. The largest absolute Gasteiger partial charge is 0.465 e. The Morgan fingerprint density at radius 2 is 1.92 bits per heavy atom. The highest BCUT2D eigenvalue weighted by Crippen LogP contribution is 2.41. The van der Waals surface area contributed by atoms with Crippen LogP contribution in [0.1, 0.15) is 62.1 Å². The third-order valence-corrected chi connectivity index (χ3v) is 6.77. The van der Waals surface area contributed by atoms with Gasteiger partial charge in [0.1, 0.15) is 0 Å². The molecule has 1 saturated carbocycles. The van der Waals surface area contributed by atoms with Crippen LogP contribution in [0.15, 0.2) is 36.7 Å². The van der Waals surface area contributed by atoms with Gasteiger partial charge in [0.15, 0.2) is 0 Å². The van der Waals surface area contributed by atoms with Gasteiger partial charge >= 0.3 is 12.1 Å². The van der Waals surface area contributed by atoms with E-state index < -0.39 is 24.5 Å². The lowest BCUT2D eigenvalue weighted by Crippen LogP contribution is -2.34. The zero-order valence-corrected chi connectivity index (χ0v) is 20.4. The van der Waals surface area contributed by atoms with Crippen LogP contribution in [0.5, 0.6) is 0 Å². The average molecular weight is 507 g/mol. The number of aromatic nitrogens is 2. The van der Waals surface area contributed by atoms with E-state index in [2.05, 4.69) is 32.7 Å². The van der Waals surface area contributed by atoms with E-state index in [1.54, 1.807) is 0 Å². The summed E-state index contributed by atoms with van der Waals surface area (Å²) >= 11 is 0. The molecule has 196 valence electrons. The maximum absolute atomic E-state index is 12.4. The maximum Gasteiger partial charge on any atom is 0.389 e. The molecule has 0 amide bonds. The van der Waals surface area contributed by atoms with Gasteiger partial charge in [-0.1, -0.05) is 19.1 Å². The zero-order valence-electron chi connectivity index (χ0n) is 20.4. The van der Waals surface area contributed by atoms with Crippen molar-refractivity contribution in [2.45, 2.75) is 57.2 Å². The van der Waals surface area contributed by atoms with E-state index in [0.717, 1.165) is 37.2 Å². The van der Waals surface area contributed by atoms with Gasteiger partial charge in [-0.3, -0.25) is 4.79 Å². The second kappa shape index (κ2) is 12.0. The normalized spacial score (nSPS) is 22.9. The van der Waals surface area contributed by atoms with Gasteiger partial charge in [-0.25, -0.2) is 9.97 Å². The van der Waals surface area contributed by atoms with Crippen LogP contribution in [0.2, 0.25) is 0 Å². The third kappa shape index (κ3) is 7.89. The van der Waals surface area contributed by atoms with E-state index in [9.17, 15) is 18.0 Å². The SMILES string of the molecule is C[C@H](CCC(=O)OCC1CC(c2cnc(Nc3ccc(C4COCCN4)cc3)nc2)C1)CC(F)(F)F. The van der Waals surface area contributed by atoms with Gasteiger partial charge in [0.05, 0.1) is 25.9 Å². The summed E-state index contributed by atoms with van der Waals surface area (Å²) in [5.41, 5.74) is 3.13. The van der Waals surface area contributed by atoms with E-state index in [-0.39, 0.29) is 24.8 Å². The van der Waals surface area contributed by atoms with Crippen molar-refractivity contribution in [1.29, 1.82) is 0 Å². The number of halogens is 3. The van der Waals surface area contributed by atoms with Gasteiger partial charge in [0, 0.05) is 37.5 Å². The Hall–Kier alpha value is -2.72. The molecule has 7 nitrogen and oxygen atoms in total. The number of hydrogen-bond donors (Lipinski definition) is 2. The van der Waals surface area contributed by atoms with E-state index in [4.69, 9.17) is 9.47 Å². The van der Waals surface area contributed by atoms with Crippen LogP contribution in [0.3, 0.4) is 0 Å². The van der Waals surface area contributed by atoms with Crippen LogP contribution in [0.4, 0.5) is 24.8 Å². The highest BCUT2D eigenvalue weighted by atomic mass is 19.4. The second-order valence-corrected chi connectivity index (χ2v) is 9.85. The first-order valence-electron chi connectivity index (χ1n) is 12.5. The van der Waals surface area contributed by atoms with Crippen molar-refractivity contribution >= 4 is 17.6 Å². The minimum Gasteiger partial charge on any atom is -0.465 e. The molecule has 36 heavy (non-hydrogen) atoms. The topological polar surface area (TPSA) is 85.4 Å². The molecule has 1 aliphatic carbocycles. The summed E-state index contributed by atoms with van der Waals surface area (Å²) in [6.07, 6.45) is 0.508. The van der Waals surface area contributed by atoms with Crippen molar-refractivity contribution in [2.75, 3.05) is 31.7 Å². The molecule has 1 aromatic carbocycles. The van der Waals surface area contributed by atoms with Crippen LogP contribution in [-0.2, 0) is 14.3 Å². The van der Waals surface area contributed by atoms with Crippen molar-refractivity contribution in [3.63, 3.8) is 0 Å². The smallest absolute Gasteiger partial charge is 0.389 e. The lowest BCUT2D eigenvalue weighted by molar-refractivity contribution is -0.150. The Morgan fingerprint density at radius 1 is 1.19 bits per heavy atom. The first-order chi connectivity index (χ1) is 17.2. The summed E-state index contributed by atoms with van der Waals surface area (Å²) < 4.78 is 47.9. The number of nitrogens with one attached hydrogen (secondary N) is 2. The van der Waals surface area contributed by atoms with Crippen molar-refractivity contribution < 1.29 is 27.4 Å². The first kappa shape index (κ1) is 26.3. The average Bonchev–Trinajstić information content (AvgIpc) is 2.83. The van der Waals surface area contributed by atoms with Crippen LogP contribution >= 0.6 is 0 Å². The van der Waals surface area contributed by atoms with Gasteiger partial charge < -0.3 is 20.1 Å². The number of esters is 1. The lowest BCUT2D eigenvalue weighted by atomic mass is 9.72. The predicted octanol–water partition coefficient (Wildman–Crippen LogP) is 5.29. The summed E-state index contributed by atoms with van der Waals surface area (Å²) in [7, 11) is 0. The Bertz CT molecular complexity index is 973. The number of anilines is 2. The third-order valence-electron chi connectivity index (χ3n) is 6.77. The summed E-state index contributed by atoms with van der Waals surface area (Å²) in [6.45, 7) is 4.08. The second-order valence-electron chi connectivity index (χ2n) is 9.85. The molecular formula is C26H33F3N4O3. The number of nitrogens with zero attached hydrogens (tertiary/aromatic N) is 2. The number of morpholine rings is 1. The van der Waals surface area contributed by atoms with Crippen molar-refractivity contribution in [3.8, 4) is 0 Å². The Balaban J connectivity index is 1.15. The van der Waals surface area contributed by atoms with E-state index in [1.807, 2.05) is 24.5 Å². The van der Waals surface area contributed by atoms with Gasteiger partial charge in [-0.05, 0) is 60.3 Å². The van der Waals surface area contributed by atoms with Crippen LogP contribution in [-0.4, -0.2) is 48.5 Å². The number of alkyl halides is 3. The fourth-order valence-corrected chi connectivity index (χ4v) is 4.61. The van der Waals surface area contributed by atoms with Crippen LogP contribution < -0.4 is 10.6 Å². The van der Waals surface area contributed by atoms with Gasteiger partial charge in [0.25, 0.3) is 0 Å². The Kier molecular flexibility index (Phi) is 8.79. The van der Waals surface area contributed by atoms with Crippen molar-refractivity contribution in [1.82, 2.24) is 15.3 Å². The van der Waals surface area contributed by atoms with Crippen molar-refractivity contribution in [2.24, 2.45) is 11.8 Å². The fraction of sp³-hybridized carbons (Fsp3) is 0.577. The molecule has 2 aliphatic rings. The molecule has 2 heterocycles. The Labute approximate surface area is 209 Å². The zero-order chi connectivity index (χ0) is 25.5. The predicted molar refractivity (Wildman–Crippen MR) is 129 cm³/mol. The highest BCUT2D eigenvalue weighted by molar-refractivity contribution is 5.69. The van der Waals surface area contributed by atoms with Crippen molar-refractivity contribution in [3.05, 3.63) is 47.8 Å². The molecule has 1 aromatic heterocycles. The number of ether oxygens (including phenoxy) is 2. The van der Waals surface area contributed by atoms with Gasteiger partial charge in [-0.15, -0.1) is 0 Å². The number of benzene rings is 1. The number of carbonyl (C=O) groups is 1. The Morgan fingerprint density at radius 3 is 2.56 bits per heavy atom.